The van der Waals surface area contributed by atoms with Crippen molar-refractivity contribution < 1.29 is 18.7 Å². The number of carboxylic acids is 1. The molecule has 0 aliphatic rings. The van der Waals surface area contributed by atoms with Crippen molar-refractivity contribution in [3.05, 3.63) is 35.4 Å². The molecule has 0 aromatic heterocycles. The van der Waals surface area contributed by atoms with E-state index in [-0.39, 0.29) is 5.56 Å². The standard InChI is InChI=1S/C13H16F2O2/c1-13(2,3)10(11(14)15)8-4-6-9(7-5-8)12(16)17/h4-7,10-11H,1-3H3,(H,16,17). The first kappa shape index (κ1) is 13.6. The van der Waals surface area contributed by atoms with Gasteiger partial charge in [0, 0.05) is 5.92 Å². The Hall–Kier alpha value is -1.45. The molecule has 0 saturated carbocycles. The average molecular weight is 242 g/mol. The normalized spacial score (nSPS) is 13.8. The van der Waals surface area contributed by atoms with Gasteiger partial charge in [-0.25, -0.2) is 13.6 Å². The van der Waals surface area contributed by atoms with E-state index in [1.54, 1.807) is 20.8 Å². The molecule has 1 atom stereocenters. The van der Waals surface area contributed by atoms with Crippen molar-refractivity contribution in [2.24, 2.45) is 5.41 Å². The van der Waals surface area contributed by atoms with Crippen LogP contribution >= 0.6 is 0 Å². The molecule has 17 heavy (non-hydrogen) atoms. The highest BCUT2D eigenvalue weighted by Gasteiger charge is 2.34. The summed E-state index contributed by atoms with van der Waals surface area (Å²) in [5.41, 5.74) is 0.00649. The van der Waals surface area contributed by atoms with Crippen LogP contribution in [0.5, 0.6) is 0 Å². The van der Waals surface area contributed by atoms with E-state index in [0.29, 0.717) is 5.56 Å². The van der Waals surface area contributed by atoms with Crippen LogP contribution in [0, 0.1) is 5.41 Å². The van der Waals surface area contributed by atoms with Gasteiger partial charge in [0.05, 0.1) is 5.56 Å². The third kappa shape index (κ3) is 3.25. The maximum atomic E-state index is 13.0. The molecule has 1 aromatic carbocycles. The molecular formula is C13H16F2O2. The van der Waals surface area contributed by atoms with Crippen LogP contribution in [0.25, 0.3) is 0 Å². The maximum Gasteiger partial charge on any atom is 0.335 e. The number of aromatic carboxylic acids is 1. The minimum atomic E-state index is -2.47. The van der Waals surface area contributed by atoms with E-state index in [1.807, 2.05) is 0 Å². The van der Waals surface area contributed by atoms with Crippen LogP contribution in [0.3, 0.4) is 0 Å². The second-order valence-electron chi connectivity index (χ2n) is 5.11. The van der Waals surface area contributed by atoms with Gasteiger partial charge in [0.2, 0.25) is 6.43 Å². The molecule has 0 bridgehead atoms. The Morgan fingerprint density at radius 2 is 1.65 bits per heavy atom. The van der Waals surface area contributed by atoms with Gasteiger partial charge in [0.15, 0.2) is 0 Å². The minimum absolute atomic E-state index is 0.107. The molecule has 1 unspecified atom stereocenters. The summed E-state index contributed by atoms with van der Waals surface area (Å²) in [6.45, 7) is 5.23. The van der Waals surface area contributed by atoms with E-state index in [2.05, 4.69) is 0 Å². The fourth-order valence-corrected chi connectivity index (χ4v) is 1.86. The van der Waals surface area contributed by atoms with Gasteiger partial charge >= 0.3 is 5.97 Å². The lowest BCUT2D eigenvalue weighted by atomic mass is 9.76. The van der Waals surface area contributed by atoms with Gasteiger partial charge in [-0.05, 0) is 23.1 Å². The van der Waals surface area contributed by atoms with Crippen molar-refractivity contribution in [1.82, 2.24) is 0 Å². The van der Waals surface area contributed by atoms with Gasteiger partial charge in [0.1, 0.15) is 0 Å². The number of carbonyl (C=O) groups is 1. The largest absolute Gasteiger partial charge is 0.478 e. The van der Waals surface area contributed by atoms with Gasteiger partial charge in [-0.1, -0.05) is 32.9 Å². The highest BCUT2D eigenvalue weighted by Crippen LogP contribution is 2.39. The van der Waals surface area contributed by atoms with Gasteiger partial charge in [0.25, 0.3) is 0 Å². The monoisotopic (exact) mass is 242 g/mol. The van der Waals surface area contributed by atoms with Crippen LogP contribution in [0.4, 0.5) is 8.78 Å². The second-order valence-corrected chi connectivity index (χ2v) is 5.11. The first-order chi connectivity index (χ1) is 7.73. The van der Waals surface area contributed by atoms with Gasteiger partial charge in [-0.15, -0.1) is 0 Å². The molecule has 0 radical (unpaired) electrons. The van der Waals surface area contributed by atoms with Crippen molar-refractivity contribution >= 4 is 5.97 Å². The second kappa shape index (κ2) is 4.82. The molecule has 0 spiro atoms. The molecule has 0 saturated heterocycles. The van der Waals surface area contributed by atoms with Gasteiger partial charge < -0.3 is 5.11 Å². The van der Waals surface area contributed by atoms with Crippen LogP contribution < -0.4 is 0 Å². The molecule has 0 aliphatic heterocycles. The maximum absolute atomic E-state index is 13.0. The smallest absolute Gasteiger partial charge is 0.335 e. The molecule has 0 aliphatic carbocycles. The Kier molecular flexibility index (Phi) is 3.86. The van der Waals surface area contributed by atoms with Crippen LogP contribution in [-0.4, -0.2) is 17.5 Å². The first-order valence-electron chi connectivity index (χ1n) is 5.35. The number of benzene rings is 1. The molecule has 1 N–H and O–H groups in total. The zero-order valence-corrected chi connectivity index (χ0v) is 10.1. The van der Waals surface area contributed by atoms with Crippen LogP contribution in [-0.2, 0) is 0 Å². The zero-order chi connectivity index (χ0) is 13.2. The SMILES string of the molecule is CC(C)(C)C(c1ccc(C(=O)O)cc1)C(F)F. The van der Waals surface area contributed by atoms with Crippen molar-refractivity contribution in [2.45, 2.75) is 33.1 Å². The summed E-state index contributed by atoms with van der Waals surface area (Å²) in [6.07, 6.45) is -2.47. The Morgan fingerprint density at radius 1 is 1.18 bits per heavy atom. The van der Waals surface area contributed by atoms with Crippen molar-refractivity contribution in [2.75, 3.05) is 0 Å². The summed E-state index contributed by atoms with van der Waals surface area (Å²) >= 11 is 0. The third-order valence-corrected chi connectivity index (χ3v) is 2.70. The number of carboxylic acid groups (broad SMARTS) is 1. The summed E-state index contributed by atoms with van der Waals surface area (Å²) < 4.78 is 26.0. The summed E-state index contributed by atoms with van der Waals surface area (Å²) in [7, 11) is 0. The highest BCUT2D eigenvalue weighted by molar-refractivity contribution is 5.87. The van der Waals surface area contributed by atoms with Crippen LogP contribution in [0.15, 0.2) is 24.3 Å². The van der Waals surface area contributed by atoms with Gasteiger partial charge in [-0.2, -0.15) is 0 Å². The van der Waals surface area contributed by atoms with Crippen LogP contribution in [0.2, 0.25) is 0 Å². The van der Waals surface area contributed by atoms with Crippen LogP contribution in [0.1, 0.15) is 42.6 Å². The van der Waals surface area contributed by atoms with Crippen molar-refractivity contribution in [1.29, 1.82) is 0 Å². The summed E-state index contributed by atoms with van der Waals surface area (Å²) in [6, 6.07) is 5.65. The fraction of sp³-hybridized carbons (Fsp3) is 0.462. The van der Waals surface area contributed by atoms with E-state index >= 15 is 0 Å². The molecule has 0 fully saturated rings. The number of hydrogen-bond donors (Lipinski definition) is 1. The molecule has 4 heteroatoms. The quantitative estimate of drug-likeness (QED) is 0.875. The molecule has 0 amide bonds. The number of hydrogen-bond acceptors (Lipinski definition) is 1. The van der Waals surface area contributed by atoms with Crippen molar-refractivity contribution in [3.8, 4) is 0 Å². The third-order valence-electron chi connectivity index (χ3n) is 2.70. The first-order valence-corrected chi connectivity index (χ1v) is 5.35. The Bertz CT molecular complexity index is 391. The lowest BCUT2D eigenvalue weighted by Gasteiger charge is -2.30. The van der Waals surface area contributed by atoms with E-state index in [1.165, 1.54) is 24.3 Å². The summed E-state index contributed by atoms with van der Waals surface area (Å²) in [5.74, 6) is -1.95. The summed E-state index contributed by atoms with van der Waals surface area (Å²) in [5, 5.41) is 8.74. The van der Waals surface area contributed by atoms with E-state index < -0.39 is 23.7 Å². The Morgan fingerprint density at radius 3 is 1.94 bits per heavy atom. The molecule has 1 aromatic rings. The average Bonchev–Trinajstić information content (AvgIpc) is 2.15. The molecule has 1 rings (SSSR count). The Labute approximate surface area is 99.3 Å². The fourth-order valence-electron chi connectivity index (χ4n) is 1.86. The Balaban J connectivity index is 3.09. The predicted octanol–water partition coefficient (Wildman–Crippen LogP) is 3.78. The van der Waals surface area contributed by atoms with Gasteiger partial charge in [-0.3, -0.25) is 0 Å². The zero-order valence-electron chi connectivity index (χ0n) is 10.1. The van der Waals surface area contributed by atoms with Crippen molar-refractivity contribution in [3.63, 3.8) is 0 Å². The topological polar surface area (TPSA) is 37.3 Å². The van der Waals surface area contributed by atoms with E-state index in [9.17, 15) is 13.6 Å². The minimum Gasteiger partial charge on any atom is -0.478 e. The van der Waals surface area contributed by atoms with E-state index in [4.69, 9.17) is 5.11 Å². The van der Waals surface area contributed by atoms with E-state index in [0.717, 1.165) is 0 Å². The molecule has 2 nitrogen and oxygen atoms in total. The number of halogens is 2. The lowest BCUT2D eigenvalue weighted by molar-refractivity contribution is 0.0623. The highest BCUT2D eigenvalue weighted by atomic mass is 19.3. The molecule has 94 valence electrons. The summed E-state index contributed by atoms with van der Waals surface area (Å²) in [4.78, 5) is 10.7. The number of rotatable bonds is 3. The number of alkyl halides is 2. The lowest BCUT2D eigenvalue weighted by Crippen LogP contribution is -2.25. The predicted molar refractivity (Wildman–Crippen MR) is 61.6 cm³/mol. The molecule has 0 heterocycles. The molecular weight excluding hydrogens is 226 g/mol.